The second-order valence-electron chi connectivity index (χ2n) is 5.11. The lowest BCUT2D eigenvalue weighted by Gasteiger charge is -2.20. The lowest BCUT2D eigenvalue weighted by molar-refractivity contribution is -0.124. The molecule has 1 aliphatic heterocycles. The smallest absolute Gasteiger partial charge is 0.237 e. The van der Waals surface area contributed by atoms with Gasteiger partial charge in [0.1, 0.15) is 0 Å². The summed E-state index contributed by atoms with van der Waals surface area (Å²) in [6, 6.07) is 7.57. The van der Waals surface area contributed by atoms with Gasteiger partial charge in [0, 0.05) is 6.42 Å². The summed E-state index contributed by atoms with van der Waals surface area (Å²) in [6.45, 7) is 0.905. The lowest BCUT2D eigenvalue weighted by atomic mass is 10.1. The Morgan fingerprint density at radius 3 is 3.00 bits per heavy atom. The number of carbonyl (C=O) groups is 1. The van der Waals surface area contributed by atoms with Gasteiger partial charge in [0.15, 0.2) is 0 Å². The van der Waals surface area contributed by atoms with Gasteiger partial charge in [0.05, 0.1) is 18.2 Å². The monoisotopic (exact) mass is 246 g/mol. The number of rotatable bonds is 2. The van der Waals surface area contributed by atoms with Gasteiger partial charge < -0.3 is 15.7 Å². The Balaban J connectivity index is 1.74. The fraction of sp³-hybridized carbons (Fsp3) is 0.500. The quantitative estimate of drug-likeness (QED) is 0.712. The van der Waals surface area contributed by atoms with Crippen molar-refractivity contribution < 1.29 is 9.90 Å². The van der Waals surface area contributed by atoms with Crippen LogP contribution >= 0.6 is 0 Å². The number of carbonyl (C=O) groups excluding carboxylic acids is 1. The van der Waals surface area contributed by atoms with Crippen molar-refractivity contribution in [2.45, 2.75) is 37.5 Å². The number of benzene rings is 1. The van der Waals surface area contributed by atoms with E-state index >= 15 is 0 Å². The van der Waals surface area contributed by atoms with Gasteiger partial charge in [-0.2, -0.15) is 0 Å². The van der Waals surface area contributed by atoms with E-state index in [4.69, 9.17) is 0 Å². The average Bonchev–Trinajstić information content (AvgIpc) is 2.98. The second-order valence-corrected chi connectivity index (χ2v) is 5.11. The third-order valence-corrected chi connectivity index (χ3v) is 3.88. The van der Waals surface area contributed by atoms with Crippen molar-refractivity contribution >= 4 is 5.91 Å². The van der Waals surface area contributed by atoms with Crippen LogP contribution in [-0.4, -0.2) is 29.7 Å². The number of fused-ring (bicyclic) bond motifs is 1. The minimum Gasteiger partial charge on any atom is -0.390 e. The number of aliphatic hydroxyl groups excluding tert-OH is 1. The van der Waals surface area contributed by atoms with Crippen LogP contribution in [0, 0.1) is 0 Å². The fourth-order valence-electron chi connectivity index (χ4n) is 2.91. The van der Waals surface area contributed by atoms with Gasteiger partial charge in [-0.25, -0.2) is 0 Å². The molecule has 3 rings (SSSR count). The zero-order chi connectivity index (χ0) is 12.5. The standard InChI is InChI=1S/C14H18N2O2/c17-12-8-9-4-1-2-5-10(9)13(12)16-14(18)11-6-3-7-15-11/h1-2,4-5,11-13,15,17H,3,6-8H2,(H,16,18)/t11-,12+,13-/m0/s1. The van der Waals surface area contributed by atoms with Crippen LogP contribution in [0.5, 0.6) is 0 Å². The molecule has 0 spiro atoms. The molecular formula is C14H18N2O2. The number of aliphatic hydroxyl groups is 1. The van der Waals surface area contributed by atoms with Crippen LogP contribution in [0.2, 0.25) is 0 Å². The van der Waals surface area contributed by atoms with Gasteiger partial charge in [-0.15, -0.1) is 0 Å². The molecule has 0 aromatic heterocycles. The van der Waals surface area contributed by atoms with Crippen LogP contribution in [0.4, 0.5) is 0 Å². The van der Waals surface area contributed by atoms with Crippen LogP contribution in [-0.2, 0) is 11.2 Å². The molecule has 0 radical (unpaired) electrons. The van der Waals surface area contributed by atoms with Crippen molar-refractivity contribution in [1.82, 2.24) is 10.6 Å². The lowest BCUT2D eigenvalue weighted by Crippen LogP contribution is -2.44. The van der Waals surface area contributed by atoms with E-state index in [1.807, 2.05) is 24.3 Å². The van der Waals surface area contributed by atoms with Gasteiger partial charge in [-0.05, 0) is 30.5 Å². The summed E-state index contributed by atoms with van der Waals surface area (Å²) >= 11 is 0. The van der Waals surface area contributed by atoms with E-state index in [2.05, 4.69) is 10.6 Å². The molecule has 0 bridgehead atoms. The normalized spacial score (nSPS) is 30.2. The SMILES string of the molecule is O=C(N[C@H]1c2ccccc2C[C@H]1O)[C@@H]1CCCN1. The molecule has 96 valence electrons. The van der Waals surface area contributed by atoms with Crippen LogP contribution in [0.15, 0.2) is 24.3 Å². The number of hydrogen-bond acceptors (Lipinski definition) is 3. The second kappa shape index (κ2) is 4.71. The summed E-state index contributed by atoms with van der Waals surface area (Å²) in [5.74, 6) is 0.00764. The van der Waals surface area contributed by atoms with E-state index in [0.29, 0.717) is 6.42 Å². The van der Waals surface area contributed by atoms with Crippen molar-refractivity contribution in [2.75, 3.05) is 6.54 Å². The minimum atomic E-state index is -0.507. The van der Waals surface area contributed by atoms with Crippen molar-refractivity contribution in [2.24, 2.45) is 0 Å². The Morgan fingerprint density at radius 2 is 2.22 bits per heavy atom. The molecule has 3 N–H and O–H groups in total. The van der Waals surface area contributed by atoms with Crippen LogP contribution in [0.3, 0.4) is 0 Å². The van der Waals surface area contributed by atoms with E-state index in [1.165, 1.54) is 0 Å². The first-order valence-electron chi connectivity index (χ1n) is 6.55. The summed E-state index contributed by atoms with van der Waals surface area (Å²) in [7, 11) is 0. The zero-order valence-electron chi connectivity index (χ0n) is 10.2. The van der Waals surface area contributed by atoms with Crippen molar-refractivity contribution in [3.05, 3.63) is 35.4 Å². The summed E-state index contributed by atoms with van der Waals surface area (Å²) in [5.41, 5.74) is 2.19. The summed E-state index contributed by atoms with van der Waals surface area (Å²) in [5, 5.41) is 16.2. The third-order valence-electron chi connectivity index (χ3n) is 3.88. The van der Waals surface area contributed by atoms with E-state index in [1.54, 1.807) is 0 Å². The highest BCUT2D eigenvalue weighted by atomic mass is 16.3. The number of nitrogens with one attached hydrogen (secondary N) is 2. The molecule has 1 aromatic carbocycles. The first kappa shape index (κ1) is 11.7. The van der Waals surface area contributed by atoms with Gasteiger partial charge in [-0.3, -0.25) is 4.79 Å². The molecule has 1 aromatic rings. The largest absolute Gasteiger partial charge is 0.390 e. The molecule has 3 atom stereocenters. The Kier molecular flexibility index (Phi) is 3.06. The van der Waals surface area contributed by atoms with Crippen molar-refractivity contribution in [3.63, 3.8) is 0 Å². The molecule has 1 heterocycles. The number of amides is 1. The maximum atomic E-state index is 12.1. The predicted octanol–water partition coefficient (Wildman–Crippen LogP) is 0.513. The van der Waals surface area contributed by atoms with E-state index in [0.717, 1.165) is 30.5 Å². The molecule has 0 unspecified atom stereocenters. The Hall–Kier alpha value is -1.39. The first-order valence-corrected chi connectivity index (χ1v) is 6.55. The maximum absolute atomic E-state index is 12.1. The topological polar surface area (TPSA) is 61.4 Å². The van der Waals surface area contributed by atoms with Crippen molar-refractivity contribution in [3.8, 4) is 0 Å². The first-order chi connectivity index (χ1) is 8.75. The highest BCUT2D eigenvalue weighted by molar-refractivity contribution is 5.82. The van der Waals surface area contributed by atoms with Gasteiger partial charge >= 0.3 is 0 Å². The highest BCUT2D eigenvalue weighted by Gasteiger charge is 2.33. The minimum absolute atomic E-state index is 0.00764. The highest BCUT2D eigenvalue weighted by Crippen LogP contribution is 2.31. The summed E-state index contributed by atoms with van der Waals surface area (Å²) in [4.78, 5) is 12.1. The Bertz CT molecular complexity index is 455. The molecule has 0 saturated carbocycles. The zero-order valence-corrected chi connectivity index (χ0v) is 10.2. The molecule has 4 nitrogen and oxygen atoms in total. The van der Waals surface area contributed by atoms with Crippen LogP contribution < -0.4 is 10.6 Å². The van der Waals surface area contributed by atoms with E-state index in [9.17, 15) is 9.90 Å². The fourth-order valence-corrected chi connectivity index (χ4v) is 2.91. The van der Waals surface area contributed by atoms with Crippen LogP contribution in [0.1, 0.15) is 30.0 Å². The van der Waals surface area contributed by atoms with Gasteiger partial charge in [0.2, 0.25) is 5.91 Å². The van der Waals surface area contributed by atoms with E-state index in [-0.39, 0.29) is 18.0 Å². The summed E-state index contributed by atoms with van der Waals surface area (Å²) < 4.78 is 0. The molecule has 1 amide bonds. The predicted molar refractivity (Wildman–Crippen MR) is 68.1 cm³/mol. The molecule has 18 heavy (non-hydrogen) atoms. The van der Waals surface area contributed by atoms with Gasteiger partial charge in [-0.1, -0.05) is 24.3 Å². The molecule has 2 aliphatic rings. The Morgan fingerprint density at radius 1 is 1.39 bits per heavy atom. The van der Waals surface area contributed by atoms with Crippen molar-refractivity contribution in [1.29, 1.82) is 0 Å². The Labute approximate surface area is 106 Å². The molecule has 4 heteroatoms. The summed E-state index contributed by atoms with van der Waals surface area (Å²) in [6.07, 6.45) is 2.05. The molecule has 1 saturated heterocycles. The van der Waals surface area contributed by atoms with E-state index < -0.39 is 6.10 Å². The molecule has 1 fully saturated rings. The van der Waals surface area contributed by atoms with Crippen LogP contribution in [0.25, 0.3) is 0 Å². The average molecular weight is 246 g/mol. The third kappa shape index (κ3) is 2.02. The number of hydrogen-bond donors (Lipinski definition) is 3. The van der Waals surface area contributed by atoms with Gasteiger partial charge in [0.25, 0.3) is 0 Å². The molecule has 1 aliphatic carbocycles. The maximum Gasteiger partial charge on any atom is 0.237 e. The molecular weight excluding hydrogens is 228 g/mol.